The third-order valence-electron chi connectivity index (χ3n) is 3.86. The Morgan fingerprint density at radius 3 is 2.35 bits per heavy atom. The van der Waals surface area contributed by atoms with E-state index in [-0.39, 0.29) is 18.7 Å². The Hall–Kier alpha value is -2.33. The van der Waals surface area contributed by atoms with E-state index in [1.807, 2.05) is 48.5 Å². The summed E-state index contributed by atoms with van der Waals surface area (Å²) in [6.07, 6.45) is 1.43. The maximum absolute atomic E-state index is 12.2. The molecule has 0 bridgehead atoms. The van der Waals surface area contributed by atoms with Crippen LogP contribution >= 0.6 is 0 Å². The first kappa shape index (κ1) is 17.0. The van der Waals surface area contributed by atoms with Crippen LogP contribution in [0.4, 0.5) is 4.79 Å². The average molecular weight is 312 g/mol. The molecule has 2 amide bonds. The highest BCUT2D eigenvalue weighted by atomic mass is 16.3. The lowest BCUT2D eigenvalue weighted by atomic mass is 10.0. The van der Waals surface area contributed by atoms with Crippen LogP contribution < -0.4 is 10.6 Å². The molecule has 0 aliphatic heterocycles. The van der Waals surface area contributed by atoms with Gasteiger partial charge in [-0.3, -0.25) is 0 Å². The van der Waals surface area contributed by atoms with Crippen molar-refractivity contribution in [2.24, 2.45) is 0 Å². The number of benzene rings is 2. The van der Waals surface area contributed by atoms with Gasteiger partial charge in [0.05, 0.1) is 6.04 Å². The molecule has 0 aliphatic carbocycles. The van der Waals surface area contributed by atoms with Crippen LogP contribution in [0, 0.1) is 0 Å². The normalized spacial score (nSPS) is 11.7. The summed E-state index contributed by atoms with van der Waals surface area (Å²) in [5.41, 5.74) is 3.36. The lowest BCUT2D eigenvalue weighted by Crippen LogP contribution is -2.38. The first-order valence-corrected chi connectivity index (χ1v) is 8.01. The maximum Gasteiger partial charge on any atom is 0.315 e. The molecule has 0 aromatic heterocycles. The van der Waals surface area contributed by atoms with Gasteiger partial charge >= 0.3 is 6.03 Å². The highest BCUT2D eigenvalue weighted by Crippen LogP contribution is 2.16. The first-order valence-electron chi connectivity index (χ1n) is 8.01. The topological polar surface area (TPSA) is 61.4 Å². The largest absolute Gasteiger partial charge is 0.396 e. The fourth-order valence-electron chi connectivity index (χ4n) is 2.60. The van der Waals surface area contributed by atoms with Gasteiger partial charge < -0.3 is 15.7 Å². The second-order valence-corrected chi connectivity index (χ2v) is 5.42. The maximum atomic E-state index is 12.2. The molecule has 0 saturated carbocycles. The van der Waals surface area contributed by atoms with Gasteiger partial charge in [0.1, 0.15) is 0 Å². The molecule has 0 heterocycles. The highest BCUT2D eigenvalue weighted by molar-refractivity contribution is 5.74. The Labute approximate surface area is 137 Å². The Balaban J connectivity index is 1.94. The summed E-state index contributed by atoms with van der Waals surface area (Å²) in [4.78, 5) is 12.2. The van der Waals surface area contributed by atoms with Crippen LogP contribution in [0.15, 0.2) is 54.6 Å². The minimum absolute atomic E-state index is 0.0263. The number of amides is 2. The van der Waals surface area contributed by atoms with E-state index in [4.69, 9.17) is 0 Å². The van der Waals surface area contributed by atoms with E-state index in [9.17, 15) is 9.90 Å². The van der Waals surface area contributed by atoms with Crippen LogP contribution in [0.1, 0.15) is 36.1 Å². The minimum atomic E-state index is -0.224. The number of carbonyl (C=O) groups excluding carboxylic acids is 1. The van der Waals surface area contributed by atoms with Crippen molar-refractivity contribution in [2.45, 2.75) is 32.4 Å². The Morgan fingerprint density at radius 1 is 1.04 bits per heavy atom. The number of carbonyl (C=O) groups is 1. The van der Waals surface area contributed by atoms with Crippen molar-refractivity contribution in [3.05, 3.63) is 71.3 Å². The molecular weight excluding hydrogens is 288 g/mol. The fourth-order valence-corrected chi connectivity index (χ4v) is 2.60. The Morgan fingerprint density at radius 2 is 1.70 bits per heavy atom. The lowest BCUT2D eigenvalue weighted by molar-refractivity contribution is 0.229. The van der Waals surface area contributed by atoms with Crippen LogP contribution in [-0.4, -0.2) is 17.7 Å². The smallest absolute Gasteiger partial charge is 0.315 e. The van der Waals surface area contributed by atoms with Crippen LogP contribution in [0.5, 0.6) is 0 Å². The SMILES string of the molecule is CCc1ccccc1CNC(=O)N[C@H](CCO)c1ccccc1. The zero-order chi connectivity index (χ0) is 16.5. The summed E-state index contributed by atoms with van der Waals surface area (Å²) in [5.74, 6) is 0. The molecule has 0 fully saturated rings. The summed E-state index contributed by atoms with van der Waals surface area (Å²) >= 11 is 0. The molecule has 4 heteroatoms. The van der Waals surface area contributed by atoms with Crippen LogP contribution in [0.25, 0.3) is 0 Å². The van der Waals surface area contributed by atoms with Crippen molar-refractivity contribution >= 4 is 6.03 Å². The molecule has 0 radical (unpaired) electrons. The molecule has 4 nitrogen and oxygen atoms in total. The summed E-state index contributed by atoms with van der Waals surface area (Å²) in [6.45, 7) is 2.63. The molecule has 1 atom stereocenters. The van der Waals surface area contributed by atoms with Gasteiger partial charge in [-0.1, -0.05) is 61.5 Å². The van der Waals surface area contributed by atoms with Crippen molar-refractivity contribution in [1.82, 2.24) is 10.6 Å². The van der Waals surface area contributed by atoms with Crippen LogP contribution in [0.3, 0.4) is 0 Å². The van der Waals surface area contributed by atoms with Crippen LogP contribution in [0.2, 0.25) is 0 Å². The third kappa shape index (κ3) is 5.11. The van der Waals surface area contributed by atoms with Gasteiger partial charge in [0.15, 0.2) is 0 Å². The zero-order valence-corrected chi connectivity index (χ0v) is 13.5. The van der Waals surface area contributed by atoms with Gasteiger partial charge in [0.2, 0.25) is 0 Å². The van der Waals surface area contributed by atoms with Crippen molar-refractivity contribution in [3.63, 3.8) is 0 Å². The molecular formula is C19H24N2O2. The number of rotatable bonds is 7. The highest BCUT2D eigenvalue weighted by Gasteiger charge is 2.13. The Bertz CT molecular complexity index is 614. The number of hydrogen-bond donors (Lipinski definition) is 3. The standard InChI is InChI=1S/C19H24N2O2/c1-2-15-8-6-7-11-17(15)14-20-19(23)21-18(12-13-22)16-9-4-3-5-10-16/h3-11,18,22H,2,12-14H2,1H3,(H2,20,21,23)/t18-/m1/s1. The predicted molar refractivity (Wildman–Crippen MR) is 92.1 cm³/mol. The monoisotopic (exact) mass is 312 g/mol. The average Bonchev–Trinajstić information content (AvgIpc) is 2.60. The van der Waals surface area contributed by atoms with E-state index in [1.165, 1.54) is 5.56 Å². The summed E-state index contributed by atoms with van der Waals surface area (Å²) < 4.78 is 0. The van der Waals surface area contributed by atoms with Gasteiger partial charge in [-0.15, -0.1) is 0 Å². The quantitative estimate of drug-likeness (QED) is 0.735. The number of aliphatic hydroxyl groups is 1. The fraction of sp³-hybridized carbons (Fsp3) is 0.316. The number of nitrogens with one attached hydrogen (secondary N) is 2. The molecule has 122 valence electrons. The zero-order valence-electron chi connectivity index (χ0n) is 13.5. The molecule has 3 N–H and O–H groups in total. The van der Waals surface area contributed by atoms with E-state index in [1.54, 1.807) is 0 Å². The number of aryl methyl sites for hydroxylation is 1. The lowest BCUT2D eigenvalue weighted by Gasteiger charge is -2.19. The van der Waals surface area contributed by atoms with Gasteiger partial charge in [0, 0.05) is 13.2 Å². The van der Waals surface area contributed by atoms with E-state index in [2.05, 4.69) is 23.6 Å². The molecule has 0 spiro atoms. The van der Waals surface area contributed by atoms with Crippen molar-refractivity contribution in [3.8, 4) is 0 Å². The predicted octanol–water partition coefficient (Wildman–Crippen LogP) is 3.17. The second kappa shape index (κ2) is 8.96. The number of aliphatic hydroxyl groups excluding tert-OH is 1. The number of urea groups is 1. The minimum Gasteiger partial charge on any atom is -0.396 e. The second-order valence-electron chi connectivity index (χ2n) is 5.42. The van der Waals surface area contributed by atoms with E-state index < -0.39 is 0 Å². The van der Waals surface area contributed by atoms with Crippen molar-refractivity contribution in [1.29, 1.82) is 0 Å². The Kier molecular flexibility index (Phi) is 6.63. The molecule has 2 aromatic carbocycles. The summed E-state index contributed by atoms with van der Waals surface area (Å²) in [6, 6.07) is 17.4. The summed E-state index contributed by atoms with van der Waals surface area (Å²) in [7, 11) is 0. The van der Waals surface area contributed by atoms with Crippen molar-refractivity contribution < 1.29 is 9.90 Å². The molecule has 0 unspecified atom stereocenters. The van der Waals surface area contributed by atoms with E-state index in [0.717, 1.165) is 17.5 Å². The molecule has 0 aliphatic rings. The van der Waals surface area contributed by atoms with Gasteiger partial charge in [-0.05, 0) is 29.5 Å². The summed E-state index contributed by atoms with van der Waals surface area (Å²) in [5, 5.41) is 15.0. The number of hydrogen-bond acceptors (Lipinski definition) is 2. The van der Waals surface area contributed by atoms with E-state index in [0.29, 0.717) is 13.0 Å². The van der Waals surface area contributed by atoms with Gasteiger partial charge in [0.25, 0.3) is 0 Å². The third-order valence-corrected chi connectivity index (χ3v) is 3.86. The van der Waals surface area contributed by atoms with Gasteiger partial charge in [-0.25, -0.2) is 4.79 Å². The van der Waals surface area contributed by atoms with E-state index >= 15 is 0 Å². The molecule has 2 rings (SSSR count). The first-order chi connectivity index (χ1) is 11.2. The van der Waals surface area contributed by atoms with Gasteiger partial charge in [-0.2, -0.15) is 0 Å². The molecule has 23 heavy (non-hydrogen) atoms. The molecule has 0 saturated heterocycles. The molecule has 2 aromatic rings. The van der Waals surface area contributed by atoms with Crippen LogP contribution in [-0.2, 0) is 13.0 Å². The van der Waals surface area contributed by atoms with Crippen molar-refractivity contribution in [2.75, 3.05) is 6.61 Å².